The average molecular weight is 306 g/mol. The molecule has 2 heterocycles. The number of ether oxygens (including phenoxy) is 1. The number of halogens is 1. The molecule has 1 atom stereocenters. The van der Waals surface area contributed by atoms with Crippen LogP contribution in [0.4, 0.5) is 10.1 Å². The molecule has 0 amide bonds. The third-order valence-corrected chi connectivity index (χ3v) is 4.86. The molecule has 1 aromatic rings. The van der Waals surface area contributed by atoms with Crippen molar-refractivity contribution in [2.24, 2.45) is 5.92 Å². The fraction of sp³-hybridized carbons (Fsp3) is 0.667. The van der Waals surface area contributed by atoms with E-state index in [1.165, 1.54) is 6.42 Å². The summed E-state index contributed by atoms with van der Waals surface area (Å²) in [5, 5.41) is 3.43. The molecule has 2 aliphatic heterocycles. The highest BCUT2D eigenvalue weighted by molar-refractivity contribution is 5.50. The predicted octanol–water partition coefficient (Wildman–Crippen LogP) is 3.33. The van der Waals surface area contributed by atoms with Crippen LogP contribution in [0.5, 0.6) is 0 Å². The zero-order valence-electron chi connectivity index (χ0n) is 13.5. The standard InChI is InChI=1S/C18H27FN2O/c1-14-6-8-21(9-7-14)18-11-15(4-5-17(18)19)12-20-13-16-3-2-10-22-16/h4-5,11,14,16,20H,2-3,6-10,12-13H2,1H3. The second-order valence-corrected chi connectivity index (χ2v) is 6.72. The molecule has 122 valence electrons. The van der Waals surface area contributed by atoms with Crippen LogP contribution in [0, 0.1) is 11.7 Å². The summed E-state index contributed by atoms with van der Waals surface area (Å²) < 4.78 is 19.7. The van der Waals surface area contributed by atoms with E-state index in [1.54, 1.807) is 6.07 Å². The van der Waals surface area contributed by atoms with Crippen LogP contribution in [-0.4, -0.2) is 32.3 Å². The van der Waals surface area contributed by atoms with Gasteiger partial charge in [0.25, 0.3) is 0 Å². The molecule has 2 aliphatic rings. The Kier molecular flexibility index (Phi) is 5.32. The first-order valence-corrected chi connectivity index (χ1v) is 8.58. The van der Waals surface area contributed by atoms with Crippen LogP contribution in [-0.2, 0) is 11.3 Å². The van der Waals surface area contributed by atoms with E-state index in [1.807, 2.05) is 12.1 Å². The second-order valence-electron chi connectivity index (χ2n) is 6.72. The molecule has 3 rings (SSSR count). The van der Waals surface area contributed by atoms with Crippen molar-refractivity contribution in [3.63, 3.8) is 0 Å². The molecule has 0 saturated carbocycles. The maximum Gasteiger partial charge on any atom is 0.146 e. The number of benzene rings is 1. The van der Waals surface area contributed by atoms with Gasteiger partial charge in [0.2, 0.25) is 0 Å². The van der Waals surface area contributed by atoms with Crippen molar-refractivity contribution in [1.82, 2.24) is 5.32 Å². The van der Waals surface area contributed by atoms with Crippen molar-refractivity contribution in [1.29, 1.82) is 0 Å². The number of hydrogen-bond acceptors (Lipinski definition) is 3. The van der Waals surface area contributed by atoms with Crippen LogP contribution in [0.2, 0.25) is 0 Å². The minimum Gasteiger partial charge on any atom is -0.377 e. The first-order chi connectivity index (χ1) is 10.7. The fourth-order valence-corrected chi connectivity index (χ4v) is 3.34. The van der Waals surface area contributed by atoms with Crippen molar-refractivity contribution >= 4 is 5.69 Å². The lowest BCUT2D eigenvalue weighted by Crippen LogP contribution is -2.33. The third kappa shape index (κ3) is 3.99. The molecule has 0 radical (unpaired) electrons. The Labute approximate surface area is 132 Å². The summed E-state index contributed by atoms with van der Waals surface area (Å²) in [4.78, 5) is 2.19. The van der Waals surface area contributed by atoms with E-state index < -0.39 is 0 Å². The summed E-state index contributed by atoms with van der Waals surface area (Å²) in [7, 11) is 0. The first-order valence-electron chi connectivity index (χ1n) is 8.58. The van der Waals surface area contributed by atoms with Crippen LogP contribution < -0.4 is 10.2 Å². The van der Waals surface area contributed by atoms with Crippen LogP contribution in [0.25, 0.3) is 0 Å². The number of anilines is 1. The van der Waals surface area contributed by atoms with Gasteiger partial charge in [0, 0.05) is 32.8 Å². The molecule has 1 aromatic carbocycles. The molecule has 3 nitrogen and oxygen atoms in total. The molecule has 1 unspecified atom stereocenters. The van der Waals surface area contributed by atoms with Gasteiger partial charge in [0.1, 0.15) is 5.82 Å². The fourth-order valence-electron chi connectivity index (χ4n) is 3.34. The van der Waals surface area contributed by atoms with Crippen molar-refractivity contribution in [3.05, 3.63) is 29.6 Å². The molecule has 0 aromatic heterocycles. The summed E-state index contributed by atoms with van der Waals surface area (Å²) >= 11 is 0. The Bertz CT molecular complexity index is 480. The van der Waals surface area contributed by atoms with Gasteiger partial charge >= 0.3 is 0 Å². The maximum absolute atomic E-state index is 14.1. The summed E-state index contributed by atoms with van der Waals surface area (Å²) in [5.74, 6) is 0.660. The molecule has 4 heteroatoms. The zero-order valence-corrected chi connectivity index (χ0v) is 13.5. The highest BCUT2D eigenvalue weighted by Gasteiger charge is 2.19. The predicted molar refractivity (Wildman–Crippen MR) is 87.7 cm³/mol. The Balaban J connectivity index is 1.57. The van der Waals surface area contributed by atoms with Gasteiger partial charge in [-0.2, -0.15) is 0 Å². The first kappa shape index (κ1) is 15.8. The number of nitrogens with one attached hydrogen (secondary N) is 1. The molecule has 22 heavy (non-hydrogen) atoms. The van der Waals surface area contributed by atoms with Gasteiger partial charge in [0.05, 0.1) is 11.8 Å². The molecule has 0 bridgehead atoms. The Morgan fingerprint density at radius 3 is 2.82 bits per heavy atom. The molecule has 0 spiro atoms. The highest BCUT2D eigenvalue weighted by Crippen LogP contribution is 2.26. The lowest BCUT2D eigenvalue weighted by atomic mass is 9.98. The summed E-state index contributed by atoms with van der Waals surface area (Å²) in [5.41, 5.74) is 1.91. The minimum absolute atomic E-state index is 0.0996. The normalized spacial score (nSPS) is 23.2. The van der Waals surface area contributed by atoms with E-state index in [9.17, 15) is 4.39 Å². The molecule has 1 N–H and O–H groups in total. The number of hydrogen-bond donors (Lipinski definition) is 1. The SMILES string of the molecule is CC1CCN(c2cc(CNCC3CCCO3)ccc2F)CC1. The van der Waals surface area contributed by atoms with E-state index in [0.717, 1.165) is 69.2 Å². The molecule has 0 aliphatic carbocycles. The zero-order chi connectivity index (χ0) is 15.4. The van der Waals surface area contributed by atoms with Gasteiger partial charge in [-0.3, -0.25) is 0 Å². The van der Waals surface area contributed by atoms with Crippen molar-refractivity contribution in [3.8, 4) is 0 Å². The number of rotatable bonds is 5. The Morgan fingerprint density at radius 2 is 2.09 bits per heavy atom. The monoisotopic (exact) mass is 306 g/mol. The van der Waals surface area contributed by atoms with Crippen molar-refractivity contribution in [2.45, 2.75) is 45.3 Å². The van der Waals surface area contributed by atoms with Gasteiger partial charge in [-0.25, -0.2) is 4.39 Å². The quantitative estimate of drug-likeness (QED) is 0.903. The van der Waals surface area contributed by atoms with Crippen LogP contribution in [0.1, 0.15) is 38.2 Å². The number of nitrogens with zero attached hydrogens (tertiary/aromatic N) is 1. The van der Waals surface area contributed by atoms with Crippen LogP contribution in [0.3, 0.4) is 0 Å². The van der Waals surface area contributed by atoms with Crippen molar-refractivity contribution < 1.29 is 9.13 Å². The van der Waals surface area contributed by atoms with Crippen LogP contribution >= 0.6 is 0 Å². The van der Waals surface area contributed by atoms with Gasteiger partial charge in [0.15, 0.2) is 0 Å². The third-order valence-electron chi connectivity index (χ3n) is 4.86. The second kappa shape index (κ2) is 7.42. The topological polar surface area (TPSA) is 24.5 Å². The van der Waals surface area contributed by atoms with E-state index in [-0.39, 0.29) is 5.82 Å². The Morgan fingerprint density at radius 1 is 1.27 bits per heavy atom. The minimum atomic E-state index is -0.0996. The molecule has 2 fully saturated rings. The molecule has 2 saturated heterocycles. The van der Waals surface area contributed by atoms with Gasteiger partial charge in [-0.15, -0.1) is 0 Å². The van der Waals surface area contributed by atoms with Crippen LogP contribution in [0.15, 0.2) is 18.2 Å². The van der Waals surface area contributed by atoms with E-state index in [0.29, 0.717) is 6.10 Å². The van der Waals surface area contributed by atoms with E-state index in [4.69, 9.17) is 4.74 Å². The van der Waals surface area contributed by atoms with Gasteiger partial charge in [-0.05, 0) is 49.3 Å². The van der Waals surface area contributed by atoms with Gasteiger partial charge in [-0.1, -0.05) is 13.0 Å². The lowest BCUT2D eigenvalue weighted by molar-refractivity contribution is 0.110. The lowest BCUT2D eigenvalue weighted by Gasteiger charge is -2.32. The van der Waals surface area contributed by atoms with E-state index >= 15 is 0 Å². The smallest absolute Gasteiger partial charge is 0.146 e. The van der Waals surface area contributed by atoms with Gasteiger partial charge < -0.3 is 15.0 Å². The summed E-state index contributed by atoms with van der Waals surface area (Å²) in [6.45, 7) is 6.75. The average Bonchev–Trinajstić information content (AvgIpc) is 3.03. The van der Waals surface area contributed by atoms with E-state index in [2.05, 4.69) is 17.1 Å². The summed E-state index contributed by atoms with van der Waals surface area (Å²) in [6.07, 6.45) is 4.97. The maximum atomic E-state index is 14.1. The Hall–Kier alpha value is -1.13. The summed E-state index contributed by atoms with van der Waals surface area (Å²) in [6, 6.07) is 5.50. The largest absolute Gasteiger partial charge is 0.377 e. The molecular formula is C18H27FN2O. The highest BCUT2D eigenvalue weighted by atomic mass is 19.1. The number of piperidine rings is 1. The molecular weight excluding hydrogens is 279 g/mol. The van der Waals surface area contributed by atoms with Crippen molar-refractivity contribution in [2.75, 3.05) is 31.1 Å².